The molecule has 2 aliphatic heterocycles. The molecule has 2 aliphatic rings. The summed E-state index contributed by atoms with van der Waals surface area (Å²) in [6, 6.07) is 6.60. The van der Waals surface area contributed by atoms with E-state index in [1.807, 2.05) is 24.0 Å². The van der Waals surface area contributed by atoms with Crippen molar-refractivity contribution in [1.82, 2.24) is 10.2 Å². The van der Waals surface area contributed by atoms with Crippen molar-refractivity contribution in [2.24, 2.45) is 0 Å². The van der Waals surface area contributed by atoms with Gasteiger partial charge in [-0.05, 0) is 43.9 Å². The number of benzene rings is 1. The Morgan fingerprint density at radius 3 is 2.85 bits per heavy atom. The summed E-state index contributed by atoms with van der Waals surface area (Å²) in [6.07, 6.45) is 3.49. The summed E-state index contributed by atoms with van der Waals surface area (Å²) in [5.41, 5.74) is 1.74. The predicted octanol–water partition coefficient (Wildman–Crippen LogP) is 3.04. The minimum Gasteiger partial charge on any atom is -0.337 e. The van der Waals surface area contributed by atoms with Gasteiger partial charge in [0, 0.05) is 35.8 Å². The molecule has 0 aromatic heterocycles. The number of rotatable bonds is 1. The summed E-state index contributed by atoms with van der Waals surface area (Å²) in [5, 5.41) is 4.22. The van der Waals surface area contributed by atoms with Crippen molar-refractivity contribution in [2.75, 3.05) is 13.1 Å². The van der Waals surface area contributed by atoms with Crippen LogP contribution < -0.4 is 5.32 Å². The number of likely N-dealkylation sites (tertiary alicyclic amines) is 1. The van der Waals surface area contributed by atoms with Gasteiger partial charge in [0.2, 0.25) is 0 Å². The number of halogens is 2. The third-order valence-electron chi connectivity index (χ3n) is 4.24. The summed E-state index contributed by atoms with van der Waals surface area (Å²) in [5.74, 6) is 0.120. The van der Waals surface area contributed by atoms with Gasteiger partial charge in [-0.1, -0.05) is 17.7 Å². The molecule has 3 nitrogen and oxygen atoms in total. The zero-order valence-electron chi connectivity index (χ0n) is 11.6. The smallest absolute Gasteiger partial charge is 0.254 e. The molecular formula is C15H20Cl2N2O. The Hall–Kier alpha value is -0.770. The molecule has 0 spiro atoms. The third-order valence-corrected chi connectivity index (χ3v) is 4.48. The summed E-state index contributed by atoms with van der Waals surface area (Å²) < 4.78 is 0. The Morgan fingerprint density at radius 1 is 1.30 bits per heavy atom. The van der Waals surface area contributed by atoms with E-state index in [4.69, 9.17) is 11.6 Å². The van der Waals surface area contributed by atoms with E-state index in [9.17, 15) is 4.79 Å². The fourth-order valence-corrected chi connectivity index (χ4v) is 3.29. The molecule has 2 unspecified atom stereocenters. The Balaban J connectivity index is 0.00000147. The molecule has 2 fully saturated rings. The molecule has 1 aromatic carbocycles. The minimum absolute atomic E-state index is 0. The maximum Gasteiger partial charge on any atom is 0.254 e. The molecule has 3 rings (SSSR count). The van der Waals surface area contributed by atoms with Crippen molar-refractivity contribution >= 4 is 29.9 Å². The first-order chi connectivity index (χ1) is 9.13. The van der Waals surface area contributed by atoms with Crippen molar-refractivity contribution in [3.05, 3.63) is 34.3 Å². The highest BCUT2D eigenvalue weighted by atomic mass is 35.5. The number of hydrogen-bond acceptors (Lipinski definition) is 2. The Morgan fingerprint density at radius 2 is 2.05 bits per heavy atom. The quantitative estimate of drug-likeness (QED) is 0.864. The van der Waals surface area contributed by atoms with Crippen LogP contribution in [0, 0.1) is 6.92 Å². The fourth-order valence-electron chi connectivity index (χ4n) is 3.12. The van der Waals surface area contributed by atoms with Gasteiger partial charge in [0.15, 0.2) is 0 Å². The molecule has 0 saturated carbocycles. The van der Waals surface area contributed by atoms with Gasteiger partial charge in [-0.2, -0.15) is 0 Å². The topological polar surface area (TPSA) is 32.3 Å². The lowest BCUT2D eigenvalue weighted by molar-refractivity contribution is 0.0747. The van der Waals surface area contributed by atoms with Crippen LogP contribution in [-0.2, 0) is 0 Å². The number of carbonyl (C=O) groups excluding carboxylic acids is 1. The molecule has 2 atom stereocenters. The van der Waals surface area contributed by atoms with E-state index >= 15 is 0 Å². The molecule has 5 heteroatoms. The van der Waals surface area contributed by atoms with E-state index in [1.54, 1.807) is 6.07 Å². The average molecular weight is 315 g/mol. The van der Waals surface area contributed by atoms with Crippen LogP contribution >= 0.6 is 24.0 Å². The largest absolute Gasteiger partial charge is 0.337 e. The molecular weight excluding hydrogens is 295 g/mol. The van der Waals surface area contributed by atoms with Gasteiger partial charge in [-0.25, -0.2) is 0 Å². The second kappa shape index (κ2) is 6.33. The highest BCUT2D eigenvalue weighted by molar-refractivity contribution is 6.31. The molecule has 1 aromatic rings. The van der Waals surface area contributed by atoms with Crippen LogP contribution in [0.3, 0.4) is 0 Å². The molecule has 110 valence electrons. The molecule has 1 N–H and O–H groups in total. The van der Waals surface area contributed by atoms with Crippen LogP contribution in [0.15, 0.2) is 18.2 Å². The standard InChI is InChI=1S/C15H19ClN2O.ClH/c1-10-2-3-11(16)8-14(10)15(19)18-7-6-12-4-5-13(9-18)17-12;/h2-3,8,12-13,17H,4-7,9H2,1H3;1H. The summed E-state index contributed by atoms with van der Waals surface area (Å²) >= 11 is 6.01. The molecule has 2 heterocycles. The van der Waals surface area contributed by atoms with E-state index in [0.29, 0.717) is 17.1 Å². The number of nitrogens with one attached hydrogen (secondary N) is 1. The summed E-state index contributed by atoms with van der Waals surface area (Å²) in [4.78, 5) is 14.6. The zero-order chi connectivity index (χ0) is 13.4. The van der Waals surface area contributed by atoms with Crippen molar-refractivity contribution in [3.63, 3.8) is 0 Å². The molecule has 0 radical (unpaired) electrons. The maximum atomic E-state index is 12.6. The number of amides is 1. The molecule has 20 heavy (non-hydrogen) atoms. The summed E-state index contributed by atoms with van der Waals surface area (Å²) in [7, 11) is 0. The normalized spacial score (nSPS) is 25.0. The first-order valence-corrected chi connectivity index (χ1v) is 7.33. The zero-order valence-corrected chi connectivity index (χ0v) is 13.1. The van der Waals surface area contributed by atoms with Crippen LogP contribution in [0.1, 0.15) is 35.2 Å². The second-order valence-corrected chi connectivity index (χ2v) is 6.07. The molecule has 2 saturated heterocycles. The van der Waals surface area contributed by atoms with E-state index in [2.05, 4.69) is 5.32 Å². The fraction of sp³-hybridized carbons (Fsp3) is 0.533. The van der Waals surface area contributed by atoms with Gasteiger partial charge in [0.1, 0.15) is 0 Å². The van der Waals surface area contributed by atoms with Gasteiger partial charge in [0.25, 0.3) is 5.91 Å². The lowest BCUT2D eigenvalue weighted by atomic mass is 10.0. The Labute approximate surface area is 131 Å². The number of carbonyl (C=O) groups is 1. The van der Waals surface area contributed by atoms with Gasteiger partial charge in [-0.3, -0.25) is 4.79 Å². The van der Waals surface area contributed by atoms with Crippen LogP contribution in [0.2, 0.25) is 5.02 Å². The Kier molecular flexibility index (Phi) is 4.95. The number of hydrogen-bond donors (Lipinski definition) is 1. The lowest BCUT2D eigenvalue weighted by Crippen LogP contribution is -2.39. The molecule has 1 amide bonds. The first-order valence-electron chi connectivity index (χ1n) is 6.95. The maximum absolute atomic E-state index is 12.6. The van der Waals surface area contributed by atoms with Gasteiger partial charge < -0.3 is 10.2 Å². The van der Waals surface area contributed by atoms with Gasteiger partial charge in [0.05, 0.1) is 0 Å². The highest BCUT2D eigenvalue weighted by Gasteiger charge is 2.31. The highest BCUT2D eigenvalue weighted by Crippen LogP contribution is 2.23. The predicted molar refractivity (Wildman–Crippen MR) is 83.9 cm³/mol. The van der Waals surface area contributed by atoms with Crippen molar-refractivity contribution in [3.8, 4) is 0 Å². The SMILES string of the molecule is Cc1ccc(Cl)cc1C(=O)N1CCC2CCC(C1)N2.Cl. The van der Waals surface area contributed by atoms with E-state index in [1.165, 1.54) is 12.8 Å². The van der Waals surface area contributed by atoms with E-state index < -0.39 is 0 Å². The van der Waals surface area contributed by atoms with Crippen LogP contribution in [0.5, 0.6) is 0 Å². The van der Waals surface area contributed by atoms with Crippen LogP contribution in [0.25, 0.3) is 0 Å². The molecule has 0 aliphatic carbocycles. The Bertz CT molecular complexity index is 507. The van der Waals surface area contributed by atoms with Crippen molar-refractivity contribution < 1.29 is 4.79 Å². The van der Waals surface area contributed by atoms with Crippen molar-refractivity contribution in [2.45, 2.75) is 38.3 Å². The number of fused-ring (bicyclic) bond motifs is 2. The van der Waals surface area contributed by atoms with Crippen LogP contribution in [0.4, 0.5) is 0 Å². The number of nitrogens with zero attached hydrogens (tertiary/aromatic N) is 1. The third kappa shape index (κ3) is 3.11. The number of aryl methyl sites for hydroxylation is 1. The first kappa shape index (κ1) is 15.6. The van der Waals surface area contributed by atoms with E-state index in [0.717, 1.165) is 30.6 Å². The van der Waals surface area contributed by atoms with Crippen LogP contribution in [-0.4, -0.2) is 36.0 Å². The van der Waals surface area contributed by atoms with Crippen molar-refractivity contribution in [1.29, 1.82) is 0 Å². The minimum atomic E-state index is 0. The second-order valence-electron chi connectivity index (χ2n) is 5.64. The average Bonchev–Trinajstić information content (AvgIpc) is 2.71. The van der Waals surface area contributed by atoms with Gasteiger partial charge in [-0.15, -0.1) is 12.4 Å². The van der Waals surface area contributed by atoms with E-state index in [-0.39, 0.29) is 18.3 Å². The monoisotopic (exact) mass is 314 g/mol. The molecule has 2 bridgehead atoms. The summed E-state index contributed by atoms with van der Waals surface area (Å²) in [6.45, 7) is 3.63. The lowest BCUT2D eigenvalue weighted by Gasteiger charge is -2.25. The van der Waals surface area contributed by atoms with Gasteiger partial charge >= 0.3 is 0 Å².